The number of rotatable bonds is 3. The Morgan fingerprint density at radius 3 is 2.65 bits per heavy atom. The highest BCUT2D eigenvalue weighted by Gasteiger charge is 2.14. The third-order valence-corrected chi connectivity index (χ3v) is 3.10. The Hall–Kier alpha value is -2.07. The number of methoxy groups -OCH3 is 1. The van der Waals surface area contributed by atoms with E-state index in [4.69, 9.17) is 11.6 Å². The highest BCUT2D eigenvalue weighted by atomic mass is 35.5. The number of anilines is 2. The average Bonchev–Trinajstić information content (AvgIpc) is 2.46. The molecule has 0 bridgehead atoms. The topological polar surface area (TPSA) is 29.5 Å². The second-order valence-electron chi connectivity index (χ2n) is 4.25. The van der Waals surface area contributed by atoms with Crippen molar-refractivity contribution in [2.75, 3.05) is 12.2 Å². The minimum Gasteiger partial charge on any atom is -0.465 e. The molecule has 0 unspecified atom stereocenters. The molecular formula is C15H13ClFNO2. The summed E-state index contributed by atoms with van der Waals surface area (Å²) in [6, 6.07) is 11.0. The van der Waals surface area contributed by atoms with Gasteiger partial charge in [0, 0.05) is 5.02 Å². The van der Waals surface area contributed by atoms with Gasteiger partial charge < -0.3 is 4.74 Å². The number of hydrogen-bond donors (Lipinski definition) is 0. The van der Waals surface area contributed by atoms with Gasteiger partial charge >= 0.3 is 5.97 Å². The van der Waals surface area contributed by atoms with Gasteiger partial charge in [-0.15, -0.1) is 0 Å². The van der Waals surface area contributed by atoms with Crippen molar-refractivity contribution >= 4 is 28.9 Å². The second kappa shape index (κ2) is 5.92. The van der Waals surface area contributed by atoms with Crippen LogP contribution in [0.25, 0.3) is 0 Å². The summed E-state index contributed by atoms with van der Waals surface area (Å²) < 4.78 is 19.1. The van der Waals surface area contributed by atoms with Crippen molar-refractivity contribution in [2.24, 2.45) is 0 Å². The fraction of sp³-hybridized carbons (Fsp3) is 0.133. The first-order chi connectivity index (χ1) is 9.52. The molecule has 0 aliphatic rings. The van der Waals surface area contributed by atoms with Crippen molar-refractivity contribution in [3.05, 3.63) is 58.6 Å². The summed E-state index contributed by atoms with van der Waals surface area (Å²) in [5.74, 6) is -0.506. The van der Waals surface area contributed by atoms with Crippen molar-refractivity contribution < 1.29 is 14.0 Å². The molecule has 0 spiro atoms. The van der Waals surface area contributed by atoms with Gasteiger partial charge in [0.15, 0.2) is 0 Å². The van der Waals surface area contributed by atoms with Crippen LogP contribution < -0.4 is 5.12 Å². The molecule has 0 aliphatic carbocycles. The van der Waals surface area contributed by atoms with Crippen LogP contribution >= 0.6 is 11.6 Å². The number of halogens is 2. The Morgan fingerprint density at radius 1 is 1.25 bits per heavy atom. The molecule has 0 saturated heterocycles. The fourth-order valence-electron chi connectivity index (χ4n) is 1.85. The lowest BCUT2D eigenvalue weighted by Gasteiger charge is -2.17. The summed E-state index contributed by atoms with van der Waals surface area (Å²) in [6.07, 6.45) is 0. The molecule has 0 saturated carbocycles. The van der Waals surface area contributed by atoms with Gasteiger partial charge in [0.25, 0.3) is 0 Å². The van der Waals surface area contributed by atoms with Crippen LogP contribution in [0.4, 0.5) is 15.9 Å². The molecule has 3 nitrogen and oxygen atoms in total. The zero-order valence-corrected chi connectivity index (χ0v) is 11.8. The molecule has 0 aromatic heterocycles. The van der Waals surface area contributed by atoms with Crippen molar-refractivity contribution in [3.63, 3.8) is 0 Å². The second-order valence-corrected chi connectivity index (χ2v) is 4.69. The van der Waals surface area contributed by atoms with Gasteiger partial charge in [-0.3, -0.25) is 0 Å². The van der Waals surface area contributed by atoms with Crippen LogP contribution in [0, 0.1) is 6.92 Å². The number of ether oxygens (including phenoxy) is 1. The molecule has 0 fully saturated rings. The van der Waals surface area contributed by atoms with E-state index < -0.39 is 5.97 Å². The third kappa shape index (κ3) is 2.91. The lowest BCUT2D eigenvalue weighted by atomic mass is 10.1. The largest absolute Gasteiger partial charge is 0.465 e. The van der Waals surface area contributed by atoms with Crippen LogP contribution in [0.3, 0.4) is 0 Å². The van der Waals surface area contributed by atoms with Crippen molar-refractivity contribution in [1.82, 2.24) is 0 Å². The van der Waals surface area contributed by atoms with Crippen molar-refractivity contribution in [3.8, 4) is 0 Å². The molecule has 5 heteroatoms. The summed E-state index contributed by atoms with van der Waals surface area (Å²) in [6.45, 7) is 1.76. The van der Waals surface area contributed by atoms with E-state index in [0.717, 1.165) is 0 Å². The Balaban J connectivity index is 2.38. The van der Waals surface area contributed by atoms with E-state index in [1.807, 2.05) is 0 Å². The van der Waals surface area contributed by atoms with Gasteiger partial charge in [-0.05, 0) is 48.9 Å². The molecule has 0 aliphatic heterocycles. The molecular weight excluding hydrogens is 281 g/mol. The maximum absolute atomic E-state index is 14.4. The summed E-state index contributed by atoms with van der Waals surface area (Å²) in [7, 11) is 1.28. The highest BCUT2D eigenvalue weighted by molar-refractivity contribution is 6.30. The number of benzene rings is 2. The first kappa shape index (κ1) is 14.3. The number of carbonyl (C=O) groups excluding carboxylic acids is 1. The minimum atomic E-state index is -0.506. The Morgan fingerprint density at radius 2 is 2.00 bits per heavy atom. The summed E-state index contributed by atoms with van der Waals surface area (Å²) in [5.41, 5.74) is 1.61. The highest BCUT2D eigenvalue weighted by Crippen LogP contribution is 2.31. The van der Waals surface area contributed by atoms with Crippen molar-refractivity contribution in [2.45, 2.75) is 6.92 Å². The maximum atomic E-state index is 14.4. The van der Waals surface area contributed by atoms with Gasteiger partial charge in [-0.1, -0.05) is 22.1 Å². The van der Waals surface area contributed by atoms with Gasteiger partial charge in [0.1, 0.15) is 0 Å². The molecule has 0 amide bonds. The molecule has 2 aromatic rings. The predicted molar refractivity (Wildman–Crippen MR) is 77.2 cm³/mol. The smallest absolute Gasteiger partial charge is 0.337 e. The molecule has 104 valence electrons. The van der Waals surface area contributed by atoms with E-state index in [1.165, 1.54) is 13.2 Å². The summed E-state index contributed by atoms with van der Waals surface area (Å²) in [4.78, 5) is 11.5. The van der Waals surface area contributed by atoms with E-state index >= 15 is 0 Å². The predicted octanol–water partition coefficient (Wildman–Crippen LogP) is 4.46. The van der Waals surface area contributed by atoms with Gasteiger partial charge in [-0.25, -0.2) is 4.79 Å². The van der Waals surface area contributed by atoms with Crippen LogP contribution in [0.2, 0.25) is 5.02 Å². The number of hydrogen-bond acceptors (Lipinski definition) is 3. The zero-order valence-electron chi connectivity index (χ0n) is 11.1. The number of carbonyl (C=O) groups is 1. The van der Waals surface area contributed by atoms with E-state index in [-0.39, 0.29) is 5.69 Å². The number of nitrogens with zero attached hydrogens (tertiary/aromatic N) is 1. The maximum Gasteiger partial charge on any atom is 0.337 e. The first-order valence-electron chi connectivity index (χ1n) is 5.93. The van der Waals surface area contributed by atoms with Gasteiger partial charge in [0.05, 0.1) is 24.0 Å². The lowest BCUT2D eigenvalue weighted by molar-refractivity contribution is 0.0601. The molecule has 0 heterocycles. The standard InChI is InChI=1S/C15H13ClFNO2/c1-10-8-12(16)6-7-14(10)18(17)13-5-3-4-11(9-13)15(19)20-2/h3-9H,1-2H3. The molecule has 20 heavy (non-hydrogen) atoms. The molecule has 2 aromatic carbocycles. The third-order valence-electron chi connectivity index (χ3n) is 2.86. The Labute approximate surface area is 121 Å². The number of esters is 1. The van der Waals surface area contributed by atoms with E-state index in [9.17, 15) is 9.28 Å². The lowest BCUT2D eigenvalue weighted by Crippen LogP contribution is -2.07. The quantitative estimate of drug-likeness (QED) is 0.618. The fourth-order valence-corrected chi connectivity index (χ4v) is 2.08. The van der Waals surface area contributed by atoms with Crippen LogP contribution in [-0.2, 0) is 4.74 Å². The normalized spacial score (nSPS) is 10.2. The number of aryl methyl sites for hydroxylation is 1. The van der Waals surface area contributed by atoms with Gasteiger partial charge in [-0.2, -0.15) is 5.12 Å². The van der Waals surface area contributed by atoms with Crippen LogP contribution in [0.15, 0.2) is 42.5 Å². The van der Waals surface area contributed by atoms with Gasteiger partial charge in [0.2, 0.25) is 0 Å². The zero-order chi connectivity index (χ0) is 14.7. The Kier molecular flexibility index (Phi) is 4.25. The molecule has 0 N–H and O–H groups in total. The minimum absolute atomic E-state index is 0.248. The molecule has 0 atom stereocenters. The SMILES string of the molecule is COC(=O)c1cccc(N(F)c2ccc(Cl)cc2C)c1. The molecule has 0 radical (unpaired) electrons. The average molecular weight is 294 g/mol. The van der Waals surface area contributed by atoms with Crippen LogP contribution in [0.1, 0.15) is 15.9 Å². The summed E-state index contributed by atoms with van der Waals surface area (Å²) >= 11 is 5.85. The first-order valence-corrected chi connectivity index (χ1v) is 6.31. The van der Waals surface area contributed by atoms with Crippen LogP contribution in [0.5, 0.6) is 0 Å². The van der Waals surface area contributed by atoms with Crippen molar-refractivity contribution in [1.29, 1.82) is 0 Å². The monoisotopic (exact) mass is 293 g/mol. The summed E-state index contributed by atoms with van der Waals surface area (Å²) in [5, 5.41) is 1.06. The van der Waals surface area contributed by atoms with E-state index in [2.05, 4.69) is 4.74 Å². The molecule has 2 rings (SSSR count). The van der Waals surface area contributed by atoms with E-state index in [1.54, 1.807) is 43.3 Å². The van der Waals surface area contributed by atoms with Crippen LogP contribution in [-0.4, -0.2) is 13.1 Å². The Bertz CT molecular complexity index is 646. The van der Waals surface area contributed by atoms with E-state index in [0.29, 0.717) is 27.0 Å².